The average Bonchev–Trinajstić information content (AvgIpc) is 3.41. The van der Waals surface area contributed by atoms with Crippen LogP contribution in [0.3, 0.4) is 0 Å². The maximum absolute atomic E-state index is 13.0. The van der Waals surface area contributed by atoms with Crippen molar-refractivity contribution in [3.8, 4) is 11.1 Å². The van der Waals surface area contributed by atoms with Crippen LogP contribution in [0.2, 0.25) is 0 Å². The maximum atomic E-state index is 13.0. The third-order valence-electron chi connectivity index (χ3n) is 4.62. The van der Waals surface area contributed by atoms with Gasteiger partial charge in [0.1, 0.15) is 6.67 Å². The highest BCUT2D eigenvalue weighted by Gasteiger charge is 2.27. The standard InChI is InChI=1S/C21H21FN6O2S/c1-21(2,12-22)18-26-17(28-30-18)7-9-24-19(29)27-20-25-15-6-5-13(10-16(15)31-20)14-4-3-8-23-11-14/h3-6,8,10-11H,7,9,12H2,1-2H3,(H2,24,25,27,29). The highest BCUT2D eigenvalue weighted by atomic mass is 32.1. The quantitative estimate of drug-likeness (QED) is 0.442. The van der Waals surface area contributed by atoms with E-state index < -0.39 is 12.1 Å². The van der Waals surface area contributed by atoms with Gasteiger partial charge in [-0.15, -0.1) is 0 Å². The van der Waals surface area contributed by atoms with E-state index in [-0.39, 0.29) is 11.9 Å². The SMILES string of the molecule is CC(C)(CF)c1nc(CCNC(=O)Nc2nc3ccc(-c4cccnc4)cc3s2)no1. The Morgan fingerprint density at radius 2 is 2.10 bits per heavy atom. The summed E-state index contributed by atoms with van der Waals surface area (Å²) in [5, 5.41) is 9.82. The number of benzene rings is 1. The third-order valence-corrected chi connectivity index (χ3v) is 5.55. The Hall–Kier alpha value is -3.40. The molecule has 0 saturated heterocycles. The molecule has 31 heavy (non-hydrogen) atoms. The monoisotopic (exact) mass is 440 g/mol. The number of fused-ring (bicyclic) bond motifs is 1. The molecule has 0 atom stereocenters. The molecule has 3 heterocycles. The van der Waals surface area contributed by atoms with E-state index in [1.165, 1.54) is 11.3 Å². The Kier molecular flexibility index (Phi) is 5.90. The first kappa shape index (κ1) is 20.9. The number of carbonyl (C=O) groups is 1. The summed E-state index contributed by atoms with van der Waals surface area (Å²) >= 11 is 1.39. The first-order chi connectivity index (χ1) is 14.9. The molecular weight excluding hydrogens is 419 g/mol. The number of hydrogen-bond acceptors (Lipinski definition) is 7. The molecule has 8 nitrogen and oxygen atoms in total. The van der Waals surface area contributed by atoms with Gasteiger partial charge in [0.05, 0.1) is 15.6 Å². The van der Waals surface area contributed by atoms with Crippen molar-refractivity contribution >= 4 is 32.7 Å². The number of rotatable bonds is 7. The van der Waals surface area contributed by atoms with Crippen molar-refractivity contribution in [3.05, 3.63) is 54.4 Å². The van der Waals surface area contributed by atoms with Crippen LogP contribution in [-0.4, -0.2) is 39.4 Å². The van der Waals surface area contributed by atoms with E-state index in [2.05, 4.69) is 30.7 Å². The normalized spacial score (nSPS) is 11.6. The summed E-state index contributed by atoms with van der Waals surface area (Å²) in [6, 6.07) is 9.43. The zero-order valence-electron chi connectivity index (χ0n) is 17.1. The minimum atomic E-state index is -0.820. The second-order valence-electron chi connectivity index (χ2n) is 7.61. The van der Waals surface area contributed by atoms with Crippen molar-refractivity contribution in [2.24, 2.45) is 0 Å². The molecule has 4 aromatic rings. The van der Waals surface area contributed by atoms with Crippen molar-refractivity contribution in [3.63, 3.8) is 0 Å². The first-order valence-corrected chi connectivity index (χ1v) is 10.5. The Morgan fingerprint density at radius 3 is 2.87 bits per heavy atom. The number of amides is 2. The zero-order chi connectivity index (χ0) is 21.8. The lowest BCUT2D eigenvalue weighted by atomic mass is 9.96. The van der Waals surface area contributed by atoms with Crippen LogP contribution in [0, 0.1) is 0 Å². The molecule has 3 aromatic heterocycles. The molecule has 0 aliphatic heterocycles. The van der Waals surface area contributed by atoms with Gasteiger partial charge >= 0.3 is 6.03 Å². The van der Waals surface area contributed by atoms with Crippen LogP contribution in [0.5, 0.6) is 0 Å². The molecule has 0 aliphatic carbocycles. The predicted molar refractivity (Wildman–Crippen MR) is 117 cm³/mol. The maximum Gasteiger partial charge on any atom is 0.321 e. The van der Waals surface area contributed by atoms with E-state index in [1.54, 1.807) is 26.2 Å². The Morgan fingerprint density at radius 1 is 1.23 bits per heavy atom. The van der Waals surface area contributed by atoms with Gasteiger partial charge in [0.15, 0.2) is 11.0 Å². The number of pyridine rings is 1. The lowest BCUT2D eigenvalue weighted by Gasteiger charge is -2.13. The number of anilines is 1. The van der Waals surface area contributed by atoms with E-state index in [4.69, 9.17) is 4.52 Å². The summed E-state index contributed by atoms with van der Waals surface area (Å²) in [5.74, 6) is 0.661. The van der Waals surface area contributed by atoms with Gasteiger partial charge in [0.25, 0.3) is 0 Å². The Balaban J connectivity index is 1.33. The molecule has 160 valence electrons. The van der Waals surface area contributed by atoms with Gasteiger partial charge in [0.2, 0.25) is 5.89 Å². The van der Waals surface area contributed by atoms with Gasteiger partial charge in [-0.05, 0) is 37.6 Å². The number of aromatic nitrogens is 4. The largest absolute Gasteiger partial charge is 0.339 e. The molecule has 0 unspecified atom stereocenters. The fourth-order valence-electron chi connectivity index (χ4n) is 2.81. The average molecular weight is 441 g/mol. The summed E-state index contributed by atoms with van der Waals surface area (Å²) in [7, 11) is 0. The van der Waals surface area contributed by atoms with Crippen molar-refractivity contribution in [2.75, 3.05) is 18.5 Å². The highest BCUT2D eigenvalue weighted by Crippen LogP contribution is 2.30. The van der Waals surface area contributed by atoms with Crippen molar-refractivity contribution in [1.29, 1.82) is 0 Å². The van der Waals surface area contributed by atoms with Crippen LogP contribution in [0.25, 0.3) is 21.3 Å². The number of halogens is 1. The van der Waals surface area contributed by atoms with Crippen LogP contribution in [0.1, 0.15) is 25.6 Å². The van der Waals surface area contributed by atoms with Gasteiger partial charge < -0.3 is 9.84 Å². The minimum Gasteiger partial charge on any atom is -0.339 e. The number of thiazole rings is 1. The van der Waals surface area contributed by atoms with Gasteiger partial charge in [0, 0.05) is 30.9 Å². The second-order valence-corrected chi connectivity index (χ2v) is 8.64. The molecular formula is C21H21FN6O2S. The minimum absolute atomic E-state index is 0.245. The molecule has 0 spiro atoms. The smallest absolute Gasteiger partial charge is 0.321 e. The van der Waals surface area contributed by atoms with Gasteiger partial charge in [-0.2, -0.15) is 4.98 Å². The number of alkyl halides is 1. The molecule has 0 radical (unpaired) electrons. The molecule has 0 bridgehead atoms. The fourth-order valence-corrected chi connectivity index (χ4v) is 3.71. The van der Waals surface area contributed by atoms with E-state index in [0.29, 0.717) is 23.9 Å². The second kappa shape index (κ2) is 8.76. The number of urea groups is 1. The van der Waals surface area contributed by atoms with Crippen LogP contribution in [0.15, 0.2) is 47.2 Å². The lowest BCUT2D eigenvalue weighted by Crippen LogP contribution is -2.30. The number of carbonyl (C=O) groups excluding carboxylic acids is 1. The molecule has 4 rings (SSSR count). The summed E-state index contributed by atoms with van der Waals surface area (Å²) in [4.78, 5) is 25.0. The third kappa shape index (κ3) is 4.85. The highest BCUT2D eigenvalue weighted by molar-refractivity contribution is 7.22. The molecule has 0 fully saturated rings. The first-order valence-electron chi connectivity index (χ1n) is 9.69. The zero-order valence-corrected chi connectivity index (χ0v) is 17.9. The van der Waals surface area contributed by atoms with Crippen LogP contribution < -0.4 is 10.6 Å². The number of nitrogens with zero attached hydrogens (tertiary/aromatic N) is 4. The van der Waals surface area contributed by atoms with E-state index in [9.17, 15) is 9.18 Å². The fraction of sp³-hybridized carbons (Fsp3) is 0.286. The van der Waals surface area contributed by atoms with Gasteiger partial charge in [-0.25, -0.2) is 14.2 Å². The topological polar surface area (TPSA) is 106 Å². The Labute approximate surface area is 181 Å². The van der Waals surface area contributed by atoms with Crippen LogP contribution in [-0.2, 0) is 11.8 Å². The van der Waals surface area contributed by atoms with E-state index >= 15 is 0 Å². The summed E-state index contributed by atoms with van der Waals surface area (Å²) in [6.45, 7) is 3.08. The van der Waals surface area contributed by atoms with Crippen molar-refractivity contribution in [2.45, 2.75) is 25.7 Å². The van der Waals surface area contributed by atoms with Crippen LogP contribution in [0.4, 0.5) is 14.3 Å². The predicted octanol–water partition coefficient (Wildman–Crippen LogP) is 4.35. The lowest BCUT2D eigenvalue weighted by molar-refractivity contribution is 0.252. The number of nitrogens with one attached hydrogen (secondary N) is 2. The molecule has 10 heteroatoms. The van der Waals surface area contributed by atoms with Crippen LogP contribution >= 0.6 is 11.3 Å². The molecule has 0 saturated carbocycles. The van der Waals surface area contributed by atoms with Crippen molar-refractivity contribution in [1.82, 2.24) is 25.4 Å². The summed E-state index contributed by atoms with van der Waals surface area (Å²) < 4.78 is 19.1. The van der Waals surface area contributed by atoms with Gasteiger partial charge in [-0.3, -0.25) is 10.3 Å². The summed E-state index contributed by atoms with van der Waals surface area (Å²) in [6.07, 6.45) is 3.91. The Bertz CT molecular complexity index is 1190. The molecule has 2 amide bonds. The van der Waals surface area contributed by atoms with E-state index in [0.717, 1.165) is 21.3 Å². The van der Waals surface area contributed by atoms with Crippen molar-refractivity contribution < 1.29 is 13.7 Å². The molecule has 0 aliphatic rings. The molecule has 2 N–H and O–H groups in total. The summed E-state index contributed by atoms with van der Waals surface area (Å²) in [5.41, 5.74) is 2.04. The van der Waals surface area contributed by atoms with Gasteiger partial charge in [-0.1, -0.05) is 28.6 Å². The number of hydrogen-bond donors (Lipinski definition) is 2. The molecule has 1 aromatic carbocycles. The van der Waals surface area contributed by atoms with E-state index in [1.807, 2.05) is 30.3 Å².